The van der Waals surface area contributed by atoms with Crippen LogP contribution in [-0.2, 0) is 17.6 Å². The van der Waals surface area contributed by atoms with Crippen LogP contribution < -0.4 is 21.7 Å². The van der Waals surface area contributed by atoms with Gasteiger partial charge in [-0.3, -0.25) is 4.79 Å². The third-order valence-electron chi connectivity index (χ3n) is 6.72. The highest BCUT2D eigenvalue weighted by Gasteiger charge is 2.31. The van der Waals surface area contributed by atoms with Gasteiger partial charge in [-0.2, -0.15) is 0 Å². The summed E-state index contributed by atoms with van der Waals surface area (Å²) in [5, 5.41) is 4.03. The molecule has 33 heavy (non-hydrogen) atoms. The summed E-state index contributed by atoms with van der Waals surface area (Å²) < 4.78 is 5.30. The van der Waals surface area contributed by atoms with E-state index in [4.69, 9.17) is 21.2 Å². The Morgan fingerprint density at radius 2 is 2.12 bits per heavy atom. The smallest absolute Gasteiger partial charge is 0.263 e. The molecule has 1 saturated heterocycles. The minimum Gasteiger partial charge on any atom is -0.397 e. The zero-order valence-corrected chi connectivity index (χ0v) is 19.8. The first-order chi connectivity index (χ1) is 15.9. The number of pyridine rings is 2. The summed E-state index contributed by atoms with van der Waals surface area (Å²) in [5.74, 6) is 1.18. The molecule has 3 aromatic heterocycles. The van der Waals surface area contributed by atoms with Crippen LogP contribution in [0.15, 0.2) is 24.3 Å². The molecule has 1 amide bonds. The lowest BCUT2D eigenvalue weighted by atomic mass is 9.91. The summed E-state index contributed by atoms with van der Waals surface area (Å²) >= 11 is 1.35. The Labute approximate surface area is 197 Å². The van der Waals surface area contributed by atoms with Gasteiger partial charge in [0.05, 0.1) is 12.3 Å². The number of rotatable bonds is 5. The molecular formula is C24H30N6O2S. The van der Waals surface area contributed by atoms with Gasteiger partial charge in [-0.25, -0.2) is 9.97 Å². The number of aryl methyl sites for hydroxylation is 2. The predicted octanol–water partition coefficient (Wildman–Crippen LogP) is 2.28. The first kappa shape index (κ1) is 22.1. The van der Waals surface area contributed by atoms with Crippen LogP contribution >= 0.6 is 11.3 Å². The number of aromatic nitrogens is 2. The Hall–Kier alpha value is -2.75. The van der Waals surface area contributed by atoms with Crippen LogP contribution in [0.25, 0.3) is 10.2 Å². The van der Waals surface area contributed by atoms with Crippen LogP contribution in [0.3, 0.4) is 0 Å². The van der Waals surface area contributed by atoms with Crippen molar-refractivity contribution in [3.63, 3.8) is 0 Å². The summed E-state index contributed by atoms with van der Waals surface area (Å²) in [5.41, 5.74) is 16.3. The molecule has 1 aliphatic heterocycles. The predicted molar refractivity (Wildman–Crippen MR) is 132 cm³/mol. The van der Waals surface area contributed by atoms with Gasteiger partial charge in [0.25, 0.3) is 5.91 Å². The number of nitrogens with two attached hydrogens (primary N) is 2. The molecule has 9 heteroatoms. The number of methoxy groups -OCH3 is 1. The Bertz CT molecular complexity index is 1200. The van der Waals surface area contributed by atoms with Gasteiger partial charge < -0.3 is 26.4 Å². The number of thiophene rings is 1. The third kappa shape index (κ3) is 4.28. The number of ether oxygens (including phenoxy) is 1. The van der Waals surface area contributed by atoms with Crippen LogP contribution in [0.2, 0.25) is 0 Å². The number of carbonyl (C=O) groups is 1. The molecular weight excluding hydrogens is 436 g/mol. The highest BCUT2D eigenvalue weighted by atomic mass is 32.1. The lowest BCUT2D eigenvalue weighted by Gasteiger charge is -2.26. The van der Waals surface area contributed by atoms with Crippen molar-refractivity contribution in [2.75, 3.05) is 37.4 Å². The van der Waals surface area contributed by atoms with E-state index in [-0.39, 0.29) is 18.0 Å². The molecule has 0 spiro atoms. The summed E-state index contributed by atoms with van der Waals surface area (Å²) in [4.78, 5) is 26.0. The molecule has 174 valence electrons. The average Bonchev–Trinajstić information content (AvgIpc) is 3.33. The fourth-order valence-corrected chi connectivity index (χ4v) is 5.92. The molecule has 0 radical (unpaired) electrons. The standard InChI is InChI=1S/C24H30N6O2S/c1-13-3-6-17-21(26)22(33-24(17)27-13)23(31)28-16-5-7-19-14(9-16)4-8-20(29-19)30-10-15(12-32-2)18(25)11-30/h3-4,6,8,15-16,18H,5,7,9-12,25-26H2,1-2H3,(H,28,31)/t15-,16-,18-/m0/s1. The topological polar surface area (TPSA) is 119 Å². The Morgan fingerprint density at radius 3 is 2.94 bits per heavy atom. The van der Waals surface area contributed by atoms with Gasteiger partial charge >= 0.3 is 0 Å². The van der Waals surface area contributed by atoms with Crippen molar-refractivity contribution in [2.45, 2.75) is 38.3 Å². The monoisotopic (exact) mass is 466 g/mol. The van der Waals surface area contributed by atoms with Gasteiger partial charge in [0.1, 0.15) is 15.5 Å². The minimum atomic E-state index is -0.124. The second-order valence-corrected chi connectivity index (χ2v) is 10.1. The molecule has 1 fully saturated rings. The second kappa shape index (κ2) is 8.89. The fourth-order valence-electron chi connectivity index (χ4n) is 4.88. The summed E-state index contributed by atoms with van der Waals surface area (Å²) in [6.45, 7) is 4.27. The van der Waals surface area contributed by atoms with E-state index < -0.39 is 0 Å². The molecule has 0 saturated carbocycles. The van der Waals surface area contributed by atoms with Crippen molar-refractivity contribution in [1.82, 2.24) is 15.3 Å². The first-order valence-electron chi connectivity index (χ1n) is 11.4. The van der Waals surface area contributed by atoms with Gasteiger partial charge in [-0.1, -0.05) is 6.07 Å². The van der Waals surface area contributed by atoms with Gasteiger partial charge in [0.15, 0.2) is 0 Å². The van der Waals surface area contributed by atoms with Crippen LogP contribution in [0.5, 0.6) is 0 Å². The van der Waals surface area contributed by atoms with Crippen LogP contribution in [0, 0.1) is 12.8 Å². The van der Waals surface area contributed by atoms with Crippen molar-refractivity contribution in [1.29, 1.82) is 0 Å². The fraction of sp³-hybridized carbons (Fsp3) is 0.458. The Balaban J connectivity index is 1.26. The number of amides is 1. The van der Waals surface area contributed by atoms with Crippen LogP contribution in [0.1, 0.15) is 33.0 Å². The van der Waals surface area contributed by atoms with Gasteiger partial charge in [0, 0.05) is 55.0 Å². The lowest BCUT2D eigenvalue weighted by molar-refractivity contribution is 0.0938. The van der Waals surface area contributed by atoms with E-state index in [9.17, 15) is 4.79 Å². The molecule has 8 nitrogen and oxygen atoms in total. The molecule has 0 bridgehead atoms. The van der Waals surface area contributed by atoms with Crippen molar-refractivity contribution in [2.24, 2.45) is 11.7 Å². The molecule has 1 aliphatic carbocycles. The average molecular weight is 467 g/mol. The maximum atomic E-state index is 13.0. The largest absolute Gasteiger partial charge is 0.397 e. The highest BCUT2D eigenvalue weighted by molar-refractivity contribution is 7.21. The van der Waals surface area contributed by atoms with Gasteiger partial charge in [0.2, 0.25) is 0 Å². The molecule has 4 heterocycles. The van der Waals surface area contributed by atoms with Gasteiger partial charge in [-0.15, -0.1) is 11.3 Å². The first-order valence-corrected chi connectivity index (χ1v) is 12.2. The van der Waals surface area contributed by atoms with Crippen LogP contribution in [-0.4, -0.2) is 54.8 Å². The van der Waals surface area contributed by atoms with E-state index in [1.54, 1.807) is 7.11 Å². The zero-order chi connectivity index (χ0) is 23.1. The molecule has 3 atom stereocenters. The number of nitrogens with zero attached hydrogens (tertiary/aromatic N) is 3. The van der Waals surface area contributed by atoms with E-state index in [0.717, 1.165) is 59.8 Å². The number of hydrogen-bond acceptors (Lipinski definition) is 8. The van der Waals surface area contributed by atoms with Crippen molar-refractivity contribution in [3.05, 3.63) is 46.1 Å². The molecule has 0 aromatic carbocycles. The normalized spacial score (nSPS) is 22.5. The Kier molecular flexibility index (Phi) is 5.94. The highest BCUT2D eigenvalue weighted by Crippen LogP contribution is 2.33. The van der Waals surface area contributed by atoms with E-state index in [1.807, 2.05) is 19.1 Å². The van der Waals surface area contributed by atoms with Crippen molar-refractivity contribution in [3.8, 4) is 0 Å². The Morgan fingerprint density at radius 1 is 1.27 bits per heavy atom. The molecule has 3 aromatic rings. The third-order valence-corrected chi connectivity index (χ3v) is 7.83. The lowest BCUT2D eigenvalue weighted by Crippen LogP contribution is -2.39. The summed E-state index contributed by atoms with van der Waals surface area (Å²) in [6, 6.07) is 8.23. The quantitative estimate of drug-likeness (QED) is 0.528. The second-order valence-electron chi connectivity index (χ2n) is 9.12. The number of anilines is 2. The van der Waals surface area contributed by atoms with E-state index in [2.05, 4.69) is 27.3 Å². The molecule has 5 N–H and O–H groups in total. The molecule has 0 unspecified atom stereocenters. The van der Waals surface area contributed by atoms with Crippen molar-refractivity contribution >= 4 is 39.0 Å². The number of hydrogen-bond donors (Lipinski definition) is 3. The van der Waals surface area contributed by atoms with E-state index in [0.29, 0.717) is 23.1 Å². The van der Waals surface area contributed by atoms with E-state index >= 15 is 0 Å². The van der Waals surface area contributed by atoms with Crippen molar-refractivity contribution < 1.29 is 9.53 Å². The number of nitrogen functional groups attached to an aromatic ring is 1. The number of nitrogens with one attached hydrogen (secondary N) is 1. The minimum absolute atomic E-state index is 0.0586. The maximum absolute atomic E-state index is 13.0. The van der Waals surface area contributed by atoms with E-state index in [1.165, 1.54) is 16.9 Å². The maximum Gasteiger partial charge on any atom is 0.263 e. The summed E-state index contributed by atoms with van der Waals surface area (Å²) in [7, 11) is 1.72. The number of carbonyl (C=O) groups excluding carboxylic acids is 1. The molecule has 2 aliphatic rings. The van der Waals surface area contributed by atoms with Crippen LogP contribution in [0.4, 0.5) is 11.5 Å². The SMILES string of the molecule is COC[C@@H]1CN(c2ccc3c(n2)CC[C@H](NC(=O)c2sc4nc(C)ccc4c2N)C3)C[C@@H]1N. The summed E-state index contributed by atoms with van der Waals surface area (Å²) in [6.07, 6.45) is 2.45. The molecule has 5 rings (SSSR count). The number of fused-ring (bicyclic) bond motifs is 2. The zero-order valence-electron chi connectivity index (χ0n) is 19.0. The van der Waals surface area contributed by atoms with Gasteiger partial charge in [-0.05, 0) is 49.9 Å².